The highest BCUT2D eigenvalue weighted by atomic mass is 32.3. The van der Waals surface area contributed by atoms with Gasteiger partial charge in [0.05, 0.1) is 6.04 Å². The van der Waals surface area contributed by atoms with E-state index in [4.69, 9.17) is 10.3 Å². The summed E-state index contributed by atoms with van der Waals surface area (Å²) in [5.41, 5.74) is 5.28. The number of urea groups is 1. The van der Waals surface area contributed by atoms with Crippen molar-refractivity contribution in [3.05, 3.63) is 0 Å². The highest BCUT2D eigenvalue weighted by Gasteiger charge is 2.53. The number of hydrogen-bond donors (Lipinski definition) is 3. The van der Waals surface area contributed by atoms with Gasteiger partial charge in [0.2, 0.25) is 11.8 Å². The zero-order valence-corrected chi connectivity index (χ0v) is 16.5. The second-order valence-electron chi connectivity index (χ2n) is 8.16. The highest BCUT2D eigenvalue weighted by Crippen LogP contribution is 2.48. The number of nitrogens with zero attached hydrogens (tertiary/aromatic N) is 2. The summed E-state index contributed by atoms with van der Waals surface area (Å²) in [4.78, 5) is 37.0. The van der Waals surface area contributed by atoms with Crippen LogP contribution < -0.4 is 11.1 Å². The minimum absolute atomic E-state index is 0.0534. The van der Waals surface area contributed by atoms with Crippen LogP contribution in [0.25, 0.3) is 0 Å². The van der Waals surface area contributed by atoms with Crippen molar-refractivity contribution >= 4 is 28.2 Å². The predicted octanol–water partition coefficient (Wildman–Crippen LogP) is -0.213. The number of nitrogens with one attached hydrogen (secondary N) is 1. The van der Waals surface area contributed by atoms with Crippen molar-refractivity contribution < 1.29 is 31.6 Å². The van der Waals surface area contributed by atoms with E-state index in [-0.39, 0.29) is 29.2 Å². The third-order valence-electron chi connectivity index (χ3n) is 5.99. The number of rotatable bonds is 5. The first-order valence-electron chi connectivity index (χ1n) is 9.30. The number of carbonyl (C=O) groups is 3. The van der Waals surface area contributed by atoms with Crippen LogP contribution in [0.5, 0.6) is 0 Å². The summed E-state index contributed by atoms with van der Waals surface area (Å²) in [6, 6.07) is -1.63. The van der Waals surface area contributed by atoms with Gasteiger partial charge in [-0.1, -0.05) is 0 Å². The van der Waals surface area contributed by atoms with Crippen LogP contribution in [-0.4, -0.2) is 66.0 Å². The smallest absolute Gasteiger partial charge is 0.353 e. The van der Waals surface area contributed by atoms with Crippen LogP contribution in [0.15, 0.2) is 0 Å². The van der Waals surface area contributed by atoms with Crippen molar-refractivity contribution in [1.29, 1.82) is 0 Å². The Morgan fingerprint density at radius 1 is 1.18 bits per heavy atom. The monoisotopic (exact) mass is 418 g/mol. The van der Waals surface area contributed by atoms with Gasteiger partial charge in [-0.15, -0.1) is 4.28 Å². The van der Waals surface area contributed by atoms with Gasteiger partial charge in [0.25, 0.3) is 0 Å². The molecule has 28 heavy (non-hydrogen) atoms. The Kier molecular flexibility index (Phi) is 5.56. The Bertz CT molecular complexity index is 749. The molecule has 1 saturated heterocycles. The molecule has 0 aromatic heterocycles. The lowest BCUT2D eigenvalue weighted by atomic mass is 9.60. The Morgan fingerprint density at radius 3 is 2.21 bits per heavy atom. The van der Waals surface area contributed by atoms with E-state index < -0.39 is 22.5 Å². The molecule has 3 aliphatic rings. The molecule has 0 bridgehead atoms. The molecule has 3 rings (SSSR count). The Labute approximate surface area is 163 Å². The SMILES string of the molecule is CC(=O)N1CC2(CC(NC(=O)C3CCC(N(OS(=O)(=O)O)C(N)=O)CC3)C2)C1. The fourth-order valence-corrected chi connectivity index (χ4v) is 5.00. The topological polar surface area (TPSA) is 159 Å². The van der Waals surface area contributed by atoms with Crippen LogP contribution in [0.1, 0.15) is 45.4 Å². The van der Waals surface area contributed by atoms with E-state index in [1.54, 1.807) is 11.8 Å². The highest BCUT2D eigenvalue weighted by molar-refractivity contribution is 7.80. The molecule has 3 fully saturated rings. The van der Waals surface area contributed by atoms with Gasteiger partial charge in [0, 0.05) is 37.4 Å². The van der Waals surface area contributed by atoms with Crippen molar-refractivity contribution in [3.63, 3.8) is 0 Å². The molecular weight excluding hydrogens is 392 g/mol. The molecule has 1 aliphatic heterocycles. The summed E-state index contributed by atoms with van der Waals surface area (Å²) in [6.07, 6.45) is 3.30. The fourth-order valence-electron chi connectivity index (χ4n) is 4.60. The average molecular weight is 418 g/mol. The first kappa shape index (κ1) is 20.8. The van der Waals surface area contributed by atoms with Crippen molar-refractivity contribution in [3.8, 4) is 0 Å². The van der Waals surface area contributed by atoms with Gasteiger partial charge in [0.1, 0.15) is 0 Å². The van der Waals surface area contributed by atoms with E-state index >= 15 is 0 Å². The third kappa shape index (κ3) is 4.55. The second kappa shape index (κ2) is 7.48. The third-order valence-corrected chi connectivity index (χ3v) is 6.34. The molecule has 1 spiro atoms. The van der Waals surface area contributed by atoms with E-state index in [1.807, 2.05) is 0 Å². The molecule has 2 aliphatic carbocycles. The number of likely N-dealkylation sites (tertiary alicyclic amines) is 1. The summed E-state index contributed by atoms with van der Waals surface area (Å²) in [5.74, 6) is -0.205. The number of carbonyl (C=O) groups excluding carboxylic acids is 3. The Balaban J connectivity index is 1.42. The zero-order valence-electron chi connectivity index (χ0n) is 15.7. The summed E-state index contributed by atoms with van der Waals surface area (Å²) in [5, 5.41) is 3.50. The molecule has 11 nitrogen and oxygen atoms in total. The summed E-state index contributed by atoms with van der Waals surface area (Å²) < 4.78 is 34.7. The first-order chi connectivity index (χ1) is 13.0. The van der Waals surface area contributed by atoms with Gasteiger partial charge in [-0.25, -0.2) is 4.79 Å². The quantitative estimate of drug-likeness (QED) is 0.411. The number of primary amides is 1. The molecule has 1 heterocycles. The minimum Gasteiger partial charge on any atom is -0.353 e. The lowest BCUT2D eigenvalue weighted by molar-refractivity contribution is -0.152. The molecule has 0 aromatic rings. The van der Waals surface area contributed by atoms with E-state index in [9.17, 15) is 22.8 Å². The van der Waals surface area contributed by atoms with Gasteiger partial charge in [-0.2, -0.15) is 13.5 Å². The van der Waals surface area contributed by atoms with Crippen LogP contribution in [0.4, 0.5) is 4.79 Å². The number of hydrogen-bond acceptors (Lipinski definition) is 6. The lowest BCUT2D eigenvalue weighted by Crippen LogP contribution is -2.67. The normalized spacial score (nSPS) is 26.9. The molecule has 0 radical (unpaired) electrons. The summed E-state index contributed by atoms with van der Waals surface area (Å²) >= 11 is 0. The molecule has 4 N–H and O–H groups in total. The van der Waals surface area contributed by atoms with E-state index in [2.05, 4.69) is 9.60 Å². The number of hydroxylamine groups is 2. The molecule has 0 unspecified atom stereocenters. The summed E-state index contributed by atoms with van der Waals surface area (Å²) in [6.45, 7) is 3.08. The first-order valence-corrected chi connectivity index (χ1v) is 10.7. The second-order valence-corrected chi connectivity index (χ2v) is 9.17. The van der Waals surface area contributed by atoms with E-state index in [1.165, 1.54) is 0 Å². The Hall–Kier alpha value is -1.92. The largest absolute Gasteiger partial charge is 0.418 e. The van der Waals surface area contributed by atoms with Crippen LogP contribution >= 0.6 is 0 Å². The molecule has 4 amide bonds. The molecular formula is C16H26N4O7S. The van der Waals surface area contributed by atoms with Gasteiger partial charge in [-0.05, 0) is 38.5 Å². The molecule has 0 aromatic carbocycles. The van der Waals surface area contributed by atoms with E-state index in [0.29, 0.717) is 30.7 Å². The van der Waals surface area contributed by atoms with E-state index in [0.717, 1.165) is 25.9 Å². The maximum absolute atomic E-state index is 12.5. The van der Waals surface area contributed by atoms with Crippen LogP contribution in [0, 0.1) is 11.3 Å². The molecule has 0 atom stereocenters. The van der Waals surface area contributed by atoms with Crippen LogP contribution in [0.3, 0.4) is 0 Å². The minimum atomic E-state index is -4.86. The molecule has 12 heteroatoms. The van der Waals surface area contributed by atoms with Crippen molar-refractivity contribution in [2.24, 2.45) is 17.1 Å². The van der Waals surface area contributed by atoms with Gasteiger partial charge < -0.3 is 16.0 Å². The van der Waals surface area contributed by atoms with Crippen molar-refractivity contribution in [2.45, 2.75) is 57.5 Å². The molecule has 2 saturated carbocycles. The average Bonchev–Trinajstić information content (AvgIpc) is 2.52. The Morgan fingerprint density at radius 2 is 1.75 bits per heavy atom. The zero-order chi connectivity index (χ0) is 20.7. The maximum Gasteiger partial charge on any atom is 0.418 e. The number of nitrogens with two attached hydrogens (primary N) is 1. The number of amides is 4. The van der Waals surface area contributed by atoms with Crippen molar-refractivity contribution in [2.75, 3.05) is 13.1 Å². The van der Waals surface area contributed by atoms with Crippen LogP contribution in [-0.2, 0) is 24.3 Å². The van der Waals surface area contributed by atoms with Crippen molar-refractivity contribution in [1.82, 2.24) is 15.3 Å². The lowest BCUT2D eigenvalue weighted by Gasteiger charge is -2.59. The maximum atomic E-state index is 12.5. The summed E-state index contributed by atoms with van der Waals surface area (Å²) in [7, 11) is -4.86. The molecule has 158 valence electrons. The predicted molar refractivity (Wildman–Crippen MR) is 95.7 cm³/mol. The van der Waals surface area contributed by atoms with Gasteiger partial charge >= 0.3 is 16.4 Å². The fraction of sp³-hybridized carbons (Fsp3) is 0.812. The van der Waals surface area contributed by atoms with Crippen LogP contribution in [0.2, 0.25) is 0 Å². The van der Waals surface area contributed by atoms with Gasteiger partial charge in [0.15, 0.2) is 0 Å². The standard InChI is InChI=1S/C16H26N4O7S/c1-10(21)19-8-16(9-19)6-12(7-16)18-14(22)11-2-4-13(5-3-11)20(15(17)23)27-28(24,25)26/h11-13H,2-9H2,1H3,(H2,17,23)(H,18,22)(H,24,25,26). The van der Waals surface area contributed by atoms with Gasteiger partial charge in [-0.3, -0.25) is 14.1 Å².